The SMILES string of the molecule is C=CCn1c(SCC(=O)Nc2sc3c(c2C#N)CCCC3)nc2sc(CC)cc2c1=O. The van der Waals surface area contributed by atoms with Crippen LogP contribution in [0.25, 0.3) is 10.2 Å². The lowest BCUT2D eigenvalue weighted by molar-refractivity contribution is -0.113. The van der Waals surface area contributed by atoms with Crippen molar-refractivity contribution in [3.8, 4) is 6.07 Å². The van der Waals surface area contributed by atoms with Crippen molar-refractivity contribution in [2.24, 2.45) is 0 Å². The number of nitrogens with zero attached hydrogens (tertiary/aromatic N) is 3. The van der Waals surface area contributed by atoms with Gasteiger partial charge in [-0.3, -0.25) is 14.2 Å². The van der Waals surface area contributed by atoms with Crippen LogP contribution in [0, 0.1) is 11.3 Å². The average Bonchev–Trinajstić information content (AvgIpc) is 3.35. The third-order valence-corrected chi connectivity index (χ3v) is 8.55. The van der Waals surface area contributed by atoms with Crippen molar-refractivity contribution in [2.75, 3.05) is 11.1 Å². The predicted molar refractivity (Wildman–Crippen MR) is 128 cm³/mol. The topological polar surface area (TPSA) is 87.8 Å². The number of fused-ring (bicyclic) bond motifs is 2. The summed E-state index contributed by atoms with van der Waals surface area (Å²) in [6.07, 6.45) is 6.58. The number of nitriles is 1. The van der Waals surface area contributed by atoms with E-state index in [0.717, 1.165) is 42.5 Å². The summed E-state index contributed by atoms with van der Waals surface area (Å²) in [7, 11) is 0. The molecule has 0 aliphatic heterocycles. The summed E-state index contributed by atoms with van der Waals surface area (Å²) in [5.41, 5.74) is 1.59. The number of thioether (sulfide) groups is 1. The number of carbonyl (C=O) groups excluding carboxylic acids is 1. The molecular formula is C22H22N4O2S3. The molecule has 1 N–H and O–H groups in total. The van der Waals surface area contributed by atoms with E-state index >= 15 is 0 Å². The fourth-order valence-electron chi connectivity index (χ4n) is 3.69. The fraction of sp³-hybridized carbons (Fsp3) is 0.364. The zero-order valence-electron chi connectivity index (χ0n) is 17.2. The number of rotatable bonds is 7. The van der Waals surface area contributed by atoms with Crippen molar-refractivity contribution in [3.63, 3.8) is 0 Å². The van der Waals surface area contributed by atoms with Crippen LogP contribution in [0.3, 0.4) is 0 Å². The molecule has 4 rings (SSSR count). The molecule has 1 amide bonds. The number of allylic oxidation sites excluding steroid dienone is 1. The van der Waals surface area contributed by atoms with Crippen LogP contribution in [0.4, 0.5) is 5.00 Å². The third kappa shape index (κ3) is 4.33. The Morgan fingerprint density at radius 2 is 2.23 bits per heavy atom. The van der Waals surface area contributed by atoms with Crippen molar-refractivity contribution in [3.05, 3.63) is 50.0 Å². The second-order valence-electron chi connectivity index (χ2n) is 7.25. The van der Waals surface area contributed by atoms with Crippen LogP contribution in [-0.4, -0.2) is 21.2 Å². The normalized spacial score (nSPS) is 13.0. The summed E-state index contributed by atoms with van der Waals surface area (Å²) in [6, 6.07) is 4.17. The molecule has 3 aromatic rings. The summed E-state index contributed by atoms with van der Waals surface area (Å²) >= 11 is 4.25. The van der Waals surface area contributed by atoms with Gasteiger partial charge >= 0.3 is 0 Å². The van der Waals surface area contributed by atoms with Gasteiger partial charge in [0.1, 0.15) is 15.9 Å². The summed E-state index contributed by atoms with van der Waals surface area (Å²) < 4.78 is 1.56. The monoisotopic (exact) mass is 470 g/mol. The fourth-order valence-corrected chi connectivity index (χ4v) is 6.76. The summed E-state index contributed by atoms with van der Waals surface area (Å²) in [6.45, 7) is 6.12. The molecule has 0 atom stereocenters. The summed E-state index contributed by atoms with van der Waals surface area (Å²) in [5.74, 6) is -0.103. The van der Waals surface area contributed by atoms with Crippen LogP contribution < -0.4 is 10.9 Å². The van der Waals surface area contributed by atoms with E-state index in [4.69, 9.17) is 0 Å². The zero-order valence-corrected chi connectivity index (χ0v) is 19.6. The Kier molecular flexibility index (Phi) is 6.60. The van der Waals surface area contributed by atoms with Gasteiger partial charge in [-0.2, -0.15) is 5.26 Å². The Morgan fingerprint density at radius 3 is 2.97 bits per heavy atom. The molecule has 0 saturated heterocycles. The lowest BCUT2D eigenvalue weighted by atomic mass is 9.96. The van der Waals surface area contributed by atoms with Gasteiger partial charge in [-0.25, -0.2) is 4.98 Å². The molecule has 0 spiro atoms. The molecule has 0 aromatic carbocycles. The second kappa shape index (κ2) is 9.39. The molecule has 0 bridgehead atoms. The van der Waals surface area contributed by atoms with Gasteiger partial charge in [0.2, 0.25) is 5.91 Å². The number of aromatic nitrogens is 2. The van der Waals surface area contributed by atoms with Crippen molar-refractivity contribution in [1.82, 2.24) is 9.55 Å². The number of aryl methyl sites for hydroxylation is 2. The smallest absolute Gasteiger partial charge is 0.263 e. The molecule has 1 aliphatic rings. The molecule has 0 unspecified atom stereocenters. The van der Waals surface area contributed by atoms with Gasteiger partial charge in [-0.1, -0.05) is 24.8 Å². The summed E-state index contributed by atoms with van der Waals surface area (Å²) in [4.78, 5) is 33.3. The van der Waals surface area contributed by atoms with Gasteiger partial charge in [0.25, 0.3) is 5.56 Å². The van der Waals surface area contributed by atoms with Crippen LogP contribution in [0.5, 0.6) is 0 Å². The highest BCUT2D eigenvalue weighted by Crippen LogP contribution is 2.37. The number of thiophene rings is 2. The summed E-state index contributed by atoms with van der Waals surface area (Å²) in [5, 5.41) is 14.2. The minimum Gasteiger partial charge on any atom is -0.316 e. The predicted octanol–water partition coefficient (Wildman–Crippen LogP) is 4.75. The highest BCUT2D eigenvalue weighted by atomic mass is 32.2. The van der Waals surface area contributed by atoms with Gasteiger partial charge in [0.05, 0.1) is 16.7 Å². The number of carbonyl (C=O) groups is 1. The van der Waals surface area contributed by atoms with Crippen molar-refractivity contribution >= 4 is 55.6 Å². The molecular weight excluding hydrogens is 448 g/mol. The number of amides is 1. The van der Waals surface area contributed by atoms with Gasteiger partial charge in [-0.15, -0.1) is 29.3 Å². The lowest BCUT2D eigenvalue weighted by Crippen LogP contribution is -2.23. The first kappa shape index (κ1) is 21.8. The Labute approximate surface area is 192 Å². The molecule has 0 fully saturated rings. The second-order valence-corrected chi connectivity index (χ2v) is 10.4. The van der Waals surface area contributed by atoms with Crippen LogP contribution in [0.1, 0.15) is 40.6 Å². The van der Waals surface area contributed by atoms with Gasteiger partial charge < -0.3 is 5.32 Å². The van der Waals surface area contributed by atoms with Crippen LogP contribution in [0.2, 0.25) is 0 Å². The molecule has 31 heavy (non-hydrogen) atoms. The maximum absolute atomic E-state index is 12.9. The van der Waals surface area contributed by atoms with Crippen LogP contribution in [0.15, 0.2) is 28.7 Å². The van der Waals surface area contributed by atoms with E-state index in [-0.39, 0.29) is 17.2 Å². The first-order chi connectivity index (χ1) is 15.0. The molecule has 3 aromatic heterocycles. The van der Waals surface area contributed by atoms with E-state index in [1.807, 2.05) is 13.0 Å². The molecule has 0 saturated carbocycles. The number of hydrogen-bond donors (Lipinski definition) is 1. The first-order valence-corrected chi connectivity index (χ1v) is 12.8. The van der Waals surface area contributed by atoms with E-state index in [1.54, 1.807) is 10.6 Å². The van der Waals surface area contributed by atoms with Crippen LogP contribution >= 0.6 is 34.4 Å². The van der Waals surface area contributed by atoms with E-state index in [0.29, 0.717) is 32.5 Å². The van der Waals surface area contributed by atoms with E-state index in [2.05, 4.69) is 22.9 Å². The molecule has 3 heterocycles. The molecule has 9 heteroatoms. The minimum atomic E-state index is -0.208. The van der Waals surface area contributed by atoms with Crippen molar-refractivity contribution in [1.29, 1.82) is 5.26 Å². The number of hydrogen-bond acceptors (Lipinski definition) is 7. The quantitative estimate of drug-likeness (QED) is 0.306. The van der Waals surface area contributed by atoms with Crippen LogP contribution in [-0.2, 0) is 30.6 Å². The van der Waals surface area contributed by atoms with Gasteiger partial charge in [0.15, 0.2) is 5.16 Å². The van der Waals surface area contributed by atoms with Crippen molar-refractivity contribution in [2.45, 2.75) is 50.7 Å². The number of nitrogens with one attached hydrogen (secondary N) is 1. The van der Waals surface area contributed by atoms with E-state index in [1.165, 1.54) is 39.3 Å². The largest absolute Gasteiger partial charge is 0.316 e. The van der Waals surface area contributed by atoms with Gasteiger partial charge in [0, 0.05) is 16.3 Å². The first-order valence-electron chi connectivity index (χ1n) is 10.2. The minimum absolute atomic E-state index is 0.106. The molecule has 0 radical (unpaired) electrons. The Bertz CT molecular complexity index is 1260. The van der Waals surface area contributed by atoms with Crippen molar-refractivity contribution < 1.29 is 4.79 Å². The van der Waals surface area contributed by atoms with E-state index in [9.17, 15) is 14.9 Å². The zero-order chi connectivity index (χ0) is 22.0. The highest BCUT2D eigenvalue weighted by molar-refractivity contribution is 7.99. The molecule has 160 valence electrons. The maximum Gasteiger partial charge on any atom is 0.263 e. The Balaban J connectivity index is 1.55. The average molecular weight is 471 g/mol. The van der Waals surface area contributed by atoms with Gasteiger partial charge in [-0.05, 0) is 43.7 Å². The number of anilines is 1. The molecule has 1 aliphatic carbocycles. The third-order valence-electron chi connectivity index (χ3n) is 5.20. The Morgan fingerprint density at radius 1 is 1.42 bits per heavy atom. The highest BCUT2D eigenvalue weighted by Gasteiger charge is 2.22. The lowest BCUT2D eigenvalue weighted by Gasteiger charge is -2.10. The van der Waals surface area contributed by atoms with E-state index < -0.39 is 0 Å². The standard InChI is InChI=1S/C22H22N4O2S3/c1-3-9-26-21(28)15-10-13(4-2)30-19(15)25-22(26)29-12-18(27)24-20-16(11-23)14-7-5-6-8-17(14)31-20/h3,10H,1,4-9,12H2,2H3,(H,24,27). The maximum atomic E-state index is 12.9. The Hall–Kier alpha value is -2.41. The molecule has 6 nitrogen and oxygen atoms in total.